The number of halogens is 1. The standard InChI is InChI=1S/C20H14ClN5O3S2/c21-14-9-8-13(11-15(14)26(28)29)22-19(27)17(12-5-2-1-3-6-12)31-20-23-18(24-25-20)16-7-4-10-30-16/h1-11,17H,(H,22,27)(H,23,24,25)/t17-/m0/s1. The first-order valence-corrected chi connectivity index (χ1v) is 11.1. The van der Waals surface area contributed by atoms with Gasteiger partial charge < -0.3 is 5.32 Å². The molecule has 2 N–H and O–H groups in total. The van der Waals surface area contributed by atoms with Crippen LogP contribution in [0.5, 0.6) is 0 Å². The fourth-order valence-corrected chi connectivity index (χ4v) is 4.53. The molecule has 0 unspecified atom stereocenters. The van der Waals surface area contributed by atoms with Gasteiger partial charge in [0.25, 0.3) is 5.69 Å². The Labute approximate surface area is 189 Å². The van der Waals surface area contributed by atoms with Gasteiger partial charge in [0.15, 0.2) is 5.82 Å². The molecule has 0 saturated carbocycles. The van der Waals surface area contributed by atoms with E-state index in [1.54, 1.807) is 0 Å². The molecule has 2 heterocycles. The van der Waals surface area contributed by atoms with Crippen molar-refractivity contribution >= 4 is 52.0 Å². The molecule has 0 aliphatic heterocycles. The topological polar surface area (TPSA) is 114 Å². The number of thiophene rings is 1. The first kappa shape index (κ1) is 21.0. The van der Waals surface area contributed by atoms with Crippen LogP contribution in [0.15, 0.2) is 71.2 Å². The van der Waals surface area contributed by atoms with Gasteiger partial charge in [-0.05, 0) is 29.1 Å². The number of anilines is 1. The Morgan fingerprint density at radius 1 is 1.19 bits per heavy atom. The van der Waals surface area contributed by atoms with E-state index in [1.807, 2.05) is 47.8 Å². The molecule has 0 aliphatic rings. The number of amides is 1. The van der Waals surface area contributed by atoms with E-state index in [4.69, 9.17) is 11.6 Å². The van der Waals surface area contributed by atoms with Crippen LogP contribution in [0, 0.1) is 10.1 Å². The highest BCUT2D eigenvalue weighted by Gasteiger charge is 2.25. The van der Waals surface area contributed by atoms with E-state index in [2.05, 4.69) is 20.5 Å². The highest BCUT2D eigenvalue weighted by atomic mass is 35.5. The number of nitrogens with zero attached hydrogens (tertiary/aromatic N) is 3. The van der Waals surface area contributed by atoms with Crippen molar-refractivity contribution in [3.63, 3.8) is 0 Å². The molecule has 4 rings (SSSR count). The molecule has 0 aliphatic carbocycles. The zero-order valence-corrected chi connectivity index (χ0v) is 18.1. The van der Waals surface area contributed by atoms with Crippen LogP contribution in [-0.4, -0.2) is 26.0 Å². The summed E-state index contributed by atoms with van der Waals surface area (Å²) in [6, 6.07) is 17.1. The van der Waals surface area contributed by atoms with Gasteiger partial charge in [0, 0.05) is 11.8 Å². The van der Waals surface area contributed by atoms with Crippen LogP contribution < -0.4 is 5.32 Å². The van der Waals surface area contributed by atoms with E-state index in [-0.39, 0.29) is 22.3 Å². The first-order chi connectivity index (χ1) is 15.0. The summed E-state index contributed by atoms with van der Waals surface area (Å²) in [6.45, 7) is 0. The smallest absolute Gasteiger partial charge is 0.289 e. The van der Waals surface area contributed by atoms with Gasteiger partial charge in [-0.1, -0.05) is 59.8 Å². The summed E-state index contributed by atoms with van der Waals surface area (Å²) < 4.78 is 0. The van der Waals surface area contributed by atoms with Crippen molar-refractivity contribution in [3.05, 3.63) is 86.7 Å². The minimum atomic E-state index is -0.678. The molecule has 8 nitrogen and oxygen atoms in total. The molecule has 2 aromatic carbocycles. The fourth-order valence-electron chi connectivity index (χ4n) is 2.77. The summed E-state index contributed by atoms with van der Waals surface area (Å²) in [5, 5.41) is 22.7. The maximum absolute atomic E-state index is 13.1. The summed E-state index contributed by atoms with van der Waals surface area (Å²) in [5.41, 5.74) is 0.741. The van der Waals surface area contributed by atoms with Gasteiger partial charge in [0.1, 0.15) is 10.3 Å². The third-order valence-corrected chi connectivity index (χ3v) is 6.51. The molecule has 0 spiro atoms. The van der Waals surface area contributed by atoms with Crippen molar-refractivity contribution < 1.29 is 9.72 Å². The number of hydrogen-bond donors (Lipinski definition) is 2. The number of H-pyrrole nitrogens is 1. The van der Waals surface area contributed by atoms with Gasteiger partial charge in [0.05, 0.1) is 9.80 Å². The van der Waals surface area contributed by atoms with Crippen molar-refractivity contribution in [2.24, 2.45) is 0 Å². The van der Waals surface area contributed by atoms with Crippen LogP contribution in [0.25, 0.3) is 10.7 Å². The SMILES string of the molecule is O=C(Nc1ccc(Cl)c([N+](=O)[O-])c1)[C@@H](Sc1n[nH]c(-c2cccs2)n1)c1ccccc1. The molecule has 11 heteroatoms. The number of aromatic amines is 1. The second-order valence-corrected chi connectivity index (χ2v) is 8.69. The van der Waals surface area contributed by atoms with Gasteiger partial charge in [-0.25, -0.2) is 4.98 Å². The van der Waals surface area contributed by atoms with E-state index in [9.17, 15) is 14.9 Å². The second-order valence-electron chi connectivity index (χ2n) is 6.27. The normalized spacial score (nSPS) is 11.8. The van der Waals surface area contributed by atoms with Crippen LogP contribution in [0.2, 0.25) is 5.02 Å². The number of carbonyl (C=O) groups excluding carboxylic acids is 1. The predicted molar refractivity (Wildman–Crippen MR) is 121 cm³/mol. The lowest BCUT2D eigenvalue weighted by Crippen LogP contribution is -2.19. The predicted octanol–water partition coefficient (Wildman–Crippen LogP) is 5.57. The minimum Gasteiger partial charge on any atom is -0.325 e. The van der Waals surface area contributed by atoms with Gasteiger partial charge in [0.2, 0.25) is 11.1 Å². The third-order valence-electron chi connectivity index (χ3n) is 4.19. The van der Waals surface area contributed by atoms with Gasteiger partial charge in [-0.2, -0.15) is 0 Å². The van der Waals surface area contributed by atoms with Crippen LogP contribution >= 0.6 is 34.7 Å². The Kier molecular flexibility index (Phi) is 6.31. The number of carbonyl (C=O) groups is 1. The molecule has 0 saturated heterocycles. The van der Waals surface area contributed by atoms with E-state index in [0.29, 0.717) is 11.0 Å². The second kappa shape index (κ2) is 9.29. The number of nitro benzene ring substituents is 1. The van der Waals surface area contributed by atoms with Crippen LogP contribution in [0.1, 0.15) is 10.8 Å². The summed E-state index contributed by atoms with van der Waals surface area (Å²) in [6.07, 6.45) is 0. The lowest BCUT2D eigenvalue weighted by atomic mass is 10.1. The maximum Gasteiger partial charge on any atom is 0.289 e. The zero-order chi connectivity index (χ0) is 21.8. The molecule has 1 atom stereocenters. The van der Waals surface area contributed by atoms with Crippen LogP contribution in [0.4, 0.5) is 11.4 Å². The molecule has 1 amide bonds. The largest absolute Gasteiger partial charge is 0.325 e. The van der Waals surface area contributed by atoms with E-state index >= 15 is 0 Å². The highest BCUT2D eigenvalue weighted by molar-refractivity contribution is 8.00. The highest BCUT2D eigenvalue weighted by Crippen LogP contribution is 2.36. The average Bonchev–Trinajstić information content (AvgIpc) is 3.45. The van der Waals surface area contributed by atoms with E-state index in [1.165, 1.54) is 41.3 Å². The number of hydrogen-bond acceptors (Lipinski definition) is 7. The summed E-state index contributed by atoms with van der Waals surface area (Å²) >= 11 is 8.57. The van der Waals surface area contributed by atoms with Crippen molar-refractivity contribution in [2.75, 3.05) is 5.32 Å². The molecule has 0 fully saturated rings. The van der Waals surface area contributed by atoms with Crippen molar-refractivity contribution in [2.45, 2.75) is 10.4 Å². The molecule has 31 heavy (non-hydrogen) atoms. The van der Waals surface area contributed by atoms with Crippen LogP contribution in [0.3, 0.4) is 0 Å². The van der Waals surface area contributed by atoms with E-state index in [0.717, 1.165) is 10.4 Å². The van der Waals surface area contributed by atoms with Gasteiger partial charge in [-0.15, -0.1) is 16.4 Å². The Hall–Kier alpha value is -3.21. The minimum absolute atomic E-state index is 0.00110. The van der Waals surface area contributed by atoms with E-state index < -0.39 is 10.2 Å². The number of aromatic nitrogens is 3. The molecular formula is C20H14ClN5O3S2. The van der Waals surface area contributed by atoms with Crippen molar-refractivity contribution in [1.82, 2.24) is 15.2 Å². The number of nitro groups is 1. The molecule has 156 valence electrons. The van der Waals surface area contributed by atoms with Crippen molar-refractivity contribution in [1.29, 1.82) is 0 Å². The molecule has 2 aromatic heterocycles. The lowest BCUT2D eigenvalue weighted by molar-refractivity contribution is -0.384. The number of rotatable bonds is 7. The van der Waals surface area contributed by atoms with Crippen LogP contribution in [-0.2, 0) is 4.79 Å². The molecule has 0 bridgehead atoms. The molecule has 0 radical (unpaired) electrons. The summed E-state index contributed by atoms with van der Waals surface area (Å²) in [7, 11) is 0. The maximum atomic E-state index is 13.1. The number of nitrogens with one attached hydrogen (secondary N) is 2. The van der Waals surface area contributed by atoms with Gasteiger partial charge >= 0.3 is 0 Å². The zero-order valence-electron chi connectivity index (χ0n) is 15.7. The van der Waals surface area contributed by atoms with Gasteiger partial charge in [-0.3, -0.25) is 20.0 Å². The summed E-state index contributed by atoms with van der Waals surface area (Å²) in [4.78, 5) is 29.1. The molecule has 4 aromatic rings. The fraction of sp³-hybridized carbons (Fsp3) is 0.0500. The average molecular weight is 472 g/mol. The third kappa shape index (κ3) is 4.93. The van der Waals surface area contributed by atoms with Crippen molar-refractivity contribution in [3.8, 4) is 10.7 Å². The Balaban J connectivity index is 1.59. The first-order valence-electron chi connectivity index (χ1n) is 8.94. The number of benzene rings is 2. The quantitative estimate of drug-likeness (QED) is 0.207. The number of thioether (sulfide) groups is 1. The Bertz CT molecular complexity index is 1210. The Morgan fingerprint density at radius 2 is 2.00 bits per heavy atom. The Morgan fingerprint density at radius 3 is 2.71 bits per heavy atom. The summed E-state index contributed by atoms with van der Waals surface area (Å²) in [5.74, 6) is 0.258. The lowest BCUT2D eigenvalue weighted by Gasteiger charge is -2.15. The molecular weight excluding hydrogens is 458 g/mol. The monoisotopic (exact) mass is 471 g/mol.